The van der Waals surface area contributed by atoms with Crippen molar-refractivity contribution in [2.75, 3.05) is 13.2 Å². The highest BCUT2D eigenvalue weighted by Gasteiger charge is 2.31. The van der Waals surface area contributed by atoms with Gasteiger partial charge in [-0.1, -0.05) is 0 Å². The second-order valence-corrected chi connectivity index (χ2v) is 2.92. The molecule has 1 fully saturated rings. The Hall–Kier alpha value is -0.940. The average Bonchev–Trinajstić information content (AvgIpc) is 2.51. The highest BCUT2D eigenvalue weighted by atomic mass is 16.7. The Morgan fingerprint density at radius 2 is 2.15 bits per heavy atom. The van der Waals surface area contributed by atoms with Gasteiger partial charge in [0.2, 0.25) is 0 Å². The van der Waals surface area contributed by atoms with Crippen molar-refractivity contribution in [1.82, 2.24) is 0 Å². The summed E-state index contributed by atoms with van der Waals surface area (Å²) in [5.74, 6) is -1.25. The number of carbonyl (C=O) groups excluding carboxylic acids is 2. The smallest absolute Gasteiger partial charge is 0.313 e. The Morgan fingerprint density at radius 3 is 2.69 bits per heavy atom. The maximum atomic E-state index is 10.8. The van der Waals surface area contributed by atoms with E-state index < -0.39 is 11.8 Å². The van der Waals surface area contributed by atoms with Crippen LogP contribution in [0.15, 0.2) is 0 Å². The molecule has 0 saturated carbocycles. The van der Waals surface area contributed by atoms with Crippen LogP contribution in [0, 0.1) is 0 Å². The van der Waals surface area contributed by atoms with Crippen LogP contribution < -0.4 is 0 Å². The van der Waals surface area contributed by atoms with E-state index in [9.17, 15) is 9.59 Å². The number of esters is 1. The van der Waals surface area contributed by atoms with Crippen molar-refractivity contribution in [2.45, 2.75) is 25.6 Å². The molecule has 5 nitrogen and oxygen atoms in total. The lowest BCUT2D eigenvalue weighted by Crippen LogP contribution is -2.26. The molecule has 5 heteroatoms. The van der Waals surface area contributed by atoms with E-state index in [0.717, 1.165) is 0 Å². The molecular weight excluding hydrogens is 176 g/mol. The summed E-state index contributed by atoms with van der Waals surface area (Å²) in [5.41, 5.74) is 0. The van der Waals surface area contributed by atoms with Gasteiger partial charge in [0.05, 0.1) is 19.6 Å². The van der Waals surface area contributed by atoms with E-state index in [4.69, 9.17) is 9.47 Å². The molecule has 0 radical (unpaired) electrons. The molecule has 0 N–H and O–H groups in total. The van der Waals surface area contributed by atoms with Crippen LogP contribution in [-0.4, -0.2) is 31.4 Å². The van der Waals surface area contributed by atoms with Gasteiger partial charge in [0.25, 0.3) is 0 Å². The monoisotopic (exact) mass is 188 g/mol. The summed E-state index contributed by atoms with van der Waals surface area (Å²) in [5, 5.41) is 0. The van der Waals surface area contributed by atoms with Gasteiger partial charge in [0.15, 0.2) is 5.79 Å². The maximum Gasteiger partial charge on any atom is 0.313 e. The van der Waals surface area contributed by atoms with E-state index in [-0.39, 0.29) is 12.9 Å². The number of rotatable bonds is 4. The summed E-state index contributed by atoms with van der Waals surface area (Å²) in [4.78, 5) is 20.6. The number of hydrogen-bond acceptors (Lipinski definition) is 5. The molecule has 1 rings (SSSR count). The Labute approximate surface area is 76.0 Å². The maximum absolute atomic E-state index is 10.8. The van der Waals surface area contributed by atoms with Crippen LogP contribution in [0.5, 0.6) is 0 Å². The third kappa shape index (κ3) is 3.12. The first-order chi connectivity index (χ1) is 6.16. The Balaban J connectivity index is 2.24. The predicted octanol–water partition coefficient (Wildman–Crippen LogP) is 0.229. The van der Waals surface area contributed by atoms with Crippen LogP contribution in [0.25, 0.3) is 0 Å². The zero-order chi connectivity index (χ0) is 9.73. The summed E-state index contributed by atoms with van der Waals surface area (Å²) < 4.78 is 14.6. The van der Waals surface area contributed by atoms with Crippen LogP contribution in [0.3, 0.4) is 0 Å². The third-order valence-corrected chi connectivity index (χ3v) is 1.86. The molecule has 0 unspecified atom stereocenters. The van der Waals surface area contributed by atoms with Gasteiger partial charge in [-0.05, 0) is 6.92 Å². The highest BCUT2D eigenvalue weighted by molar-refractivity contribution is 5.76. The molecule has 13 heavy (non-hydrogen) atoms. The first-order valence-electron chi connectivity index (χ1n) is 4.07. The molecule has 1 saturated heterocycles. The fraction of sp³-hybridized carbons (Fsp3) is 0.750. The van der Waals surface area contributed by atoms with Crippen molar-refractivity contribution in [3.05, 3.63) is 0 Å². The van der Waals surface area contributed by atoms with Crippen LogP contribution in [0.1, 0.15) is 19.8 Å². The number of hydrogen-bond donors (Lipinski definition) is 0. The van der Waals surface area contributed by atoms with Gasteiger partial charge in [0.1, 0.15) is 0 Å². The molecule has 74 valence electrons. The molecule has 0 aromatic carbocycles. The van der Waals surface area contributed by atoms with Crippen molar-refractivity contribution in [2.24, 2.45) is 0 Å². The summed E-state index contributed by atoms with van der Waals surface area (Å²) in [6.45, 7) is 2.97. The molecule has 0 atom stereocenters. The summed E-state index contributed by atoms with van der Waals surface area (Å²) >= 11 is 0. The first-order valence-corrected chi connectivity index (χ1v) is 4.07. The number of carbonyl (C=O) groups is 2. The van der Waals surface area contributed by atoms with E-state index in [1.165, 1.54) is 0 Å². The molecular formula is C8H12O5. The second kappa shape index (κ2) is 4.34. The van der Waals surface area contributed by atoms with Crippen molar-refractivity contribution >= 4 is 12.4 Å². The summed E-state index contributed by atoms with van der Waals surface area (Å²) in [6, 6.07) is 0. The Morgan fingerprint density at radius 1 is 1.54 bits per heavy atom. The van der Waals surface area contributed by atoms with Crippen LogP contribution in [0.2, 0.25) is 0 Å². The van der Waals surface area contributed by atoms with E-state index in [2.05, 4.69) is 4.74 Å². The highest BCUT2D eigenvalue weighted by Crippen LogP contribution is 2.23. The lowest BCUT2D eigenvalue weighted by atomic mass is 10.2. The zero-order valence-corrected chi connectivity index (χ0v) is 7.45. The first kappa shape index (κ1) is 10.1. The Kier molecular flexibility index (Phi) is 3.39. The quantitative estimate of drug-likeness (QED) is 0.359. The predicted molar refractivity (Wildman–Crippen MR) is 41.7 cm³/mol. The SMILES string of the molecule is CC1(CCC(=O)OC=O)OCCO1. The summed E-state index contributed by atoms with van der Waals surface area (Å²) in [6.07, 6.45) is 0.523. The van der Waals surface area contributed by atoms with Crippen molar-refractivity contribution < 1.29 is 23.8 Å². The topological polar surface area (TPSA) is 61.8 Å². The molecule has 1 aliphatic rings. The zero-order valence-electron chi connectivity index (χ0n) is 7.45. The summed E-state index contributed by atoms with van der Waals surface area (Å²) in [7, 11) is 0. The number of ether oxygens (including phenoxy) is 3. The van der Waals surface area contributed by atoms with Crippen molar-refractivity contribution in [1.29, 1.82) is 0 Å². The van der Waals surface area contributed by atoms with Crippen LogP contribution >= 0.6 is 0 Å². The lowest BCUT2D eigenvalue weighted by Gasteiger charge is -2.20. The van der Waals surface area contributed by atoms with E-state index in [0.29, 0.717) is 19.6 Å². The minimum absolute atomic E-state index is 0.120. The molecule has 0 aromatic heterocycles. The molecule has 0 aromatic rings. The van der Waals surface area contributed by atoms with Gasteiger partial charge in [-0.15, -0.1) is 0 Å². The second-order valence-electron chi connectivity index (χ2n) is 2.92. The normalized spacial score (nSPS) is 19.8. The average molecular weight is 188 g/mol. The molecule has 0 amide bonds. The Bertz CT molecular complexity index is 195. The minimum atomic E-state index is -0.693. The van der Waals surface area contributed by atoms with Gasteiger partial charge in [0, 0.05) is 6.42 Å². The van der Waals surface area contributed by atoms with Crippen molar-refractivity contribution in [3.63, 3.8) is 0 Å². The molecule has 0 aliphatic carbocycles. The van der Waals surface area contributed by atoms with Gasteiger partial charge in [-0.25, -0.2) is 0 Å². The molecule has 0 spiro atoms. The van der Waals surface area contributed by atoms with E-state index in [1.807, 2.05) is 0 Å². The van der Waals surface area contributed by atoms with Gasteiger partial charge in [-0.2, -0.15) is 0 Å². The third-order valence-electron chi connectivity index (χ3n) is 1.86. The van der Waals surface area contributed by atoms with Gasteiger partial charge >= 0.3 is 12.4 Å². The molecule has 0 bridgehead atoms. The standard InChI is InChI=1S/C8H12O5/c1-8(12-4-5-13-8)3-2-7(10)11-6-9/h6H,2-5H2,1H3. The van der Waals surface area contributed by atoms with Crippen LogP contribution in [0.4, 0.5) is 0 Å². The molecule has 1 aliphatic heterocycles. The van der Waals surface area contributed by atoms with Gasteiger partial charge < -0.3 is 14.2 Å². The van der Waals surface area contributed by atoms with E-state index in [1.54, 1.807) is 6.92 Å². The van der Waals surface area contributed by atoms with Crippen molar-refractivity contribution in [3.8, 4) is 0 Å². The largest absolute Gasteiger partial charge is 0.395 e. The lowest BCUT2D eigenvalue weighted by molar-refractivity contribution is -0.163. The fourth-order valence-corrected chi connectivity index (χ4v) is 1.14. The van der Waals surface area contributed by atoms with Crippen LogP contribution in [-0.2, 0) is 23.8 Å². The fourth-order valence-electron chi connectivity index (χ4n) is 1.14. The molecule has 1 heterocycles. The van der Waals surface area contributed by atoms with Gasteiger partial charge in [-0.3, -0.25) is 9.59 Å². The van der Waals surface area contributed by atoms with E-state index >= 15 is 0 Å². The minimum Gasteiger partial charge on any atom is -0.395 e.